The summed E-state index contributed by atoms with van der Waals surface area (Å²) < 4.78 is 5.22. The number of anilines is 1. The minimum absolute atomic E-state index is 0.00223. The SMILES string of the molecule is COc1ccc(-c2cc(N(C)C)c3c(c2O)C(=O)C2C(=O)[C@]4(O)C(=O)C(C(N)=O)C(=O)[C@@H](N(C)C)[C@@H]4C[C@@H]2C3)cc1. The topological polar surface area (TPSA) is 168 Å². The average Bonchev–Trinajstić information content (AvgIpc) is 2.90. The molecule has 3 aliphatic carbocycles. The van der Waals surface area contributed by atoms with Gasteiger partial charge in [-0.1, -0.05) is 12.1 Å². The summed E-state index contributed by atoms with van der Waals surface area (Å²) in [7, 11) is 8.24. The smallest absolute Gasteiger partial charge is 0.235 e. The van der Waals surface area contributed by atoms with Crippen molar-refractivity contribution in [3.8, 4) is 22.6 Å². The molecule has 1 amide bonds. The predicted octanol–water partition coefficient (Wildman–Crippen LogP) is 0.609. The molecule has 2 fully saturated rings. The lowest BCUT2D eigenvalue weighted by Crippen LogP contribution is -2.74. The molecule has 11 heteroatoms. The van der Waals surface area contributed by atoms with E-state index in [2.05, 4.69) is 0 Å². The third-order valence-electron chi connectivity index (χ3n) is 8.92. The fourth-order valence-electron chi connectivity index (χ4n) is 7.04. The number of aromatic hydroxyl groups is 1. The van der Waals surface area contributed by atoms with Crippen molar-refractivity contribution < 1.29 is 38.9 Å². The molecule has 2 unspecified atom stereocenters. The number of ketones is 4. The van der Waals surface area contributed by atoms with Gasteiger partial charge in [-0.25, -0.2) is 0 Å². The number of carbonyl (C=O) groups is 5. The normalized spacial score (nSPS) is 29.1. The molecule has 11 nitrogen and oxygen atoms in total. The molecule has 41 heavy (non-hydrogen) atoms. The number of fused-ring (bicyclic) bond motifs is 3. The highest BCUT2D eigenvalue weighted by Gasteiger charge is 2.69. The number of rotatable bonds is 5. The molecule has 2 saturated carbocycles. The number of carbonyl (C=O) groups excluding carboxylic acids is 5. The van der Waals surface area contributed by atoms with E-state index >= 15 is 0 Å². The summed E-state index contributed by atoms with van der Waals surface area (Å²) >= 11 is 0. The van der Waals surface area contributed by atoms with Crippen LogP contribution in [0.15, 0.2) is 30.3 Å². The van der Waals surface area contributed by atoms with Gasteiger partial charge in [0.15, 0.2) is 34.7 Å². The maximum Gasteiger partial charge on any atom is 0.235 e. The van der Waals surface area contributed by atoms with Crippen LogP contribution in [0.3, 0.4) is 0 Å². The zero-order chi connectivity index (χ0) is 30.1. The molecule has 6 atom stereocenters. The molecule has 2 aromatic rings. The van der Waals surface area contributed by atoms with Gasteiger partial charge in [0.2, 0.25) is 5.91 Å². The Morgan fingerprint density at radius 2 is 1.68 bits per heavy atom. The van der Waals surface area contributed by atoms with Crippen LogP contribution in [0.4, 0.5) is 5.69 Å². The molecular formula is C30H33N3O8. The number of methoxy groups -OCH3 is 1. The number of nitrogens with two attached hydrogens (primary N) is 1. The van der Waals surface area contributed by atoms with Gasteiger partial charge >= 0.3 is 0 Å². The highest BCUT2D eigenvalue weighted by Crippen LogP contribution is 2.53. The zero-order valence-electron chi connectivity index (χ0n) is 23.5. The minimum atomic E-state index is -2.76. The standard InChI is InChI=1S/C30H33N3O8/c1-32(2)19-12-16(13-6-8-15(41-5)9-7-13)24(34)21-17(19)10-14-11-18-23(33(3)4)26(36)22(29(31)39)28(38)30(18,40)27(37)20(14)25(21)35/h6-9,12,14,18,20,22-23,34,40H,10-11H2,1-5H3,(H2,31,39)/t14-,18-,20?,22?,23-,30-/m0/s1. The number of ether oxygens (including phenoxy) is 1. The van der Waals surface area contributed by atoms with Crippen molar-refractivity contribution in [3.05, 3.63) is 41.5 Å². The van der Waals surface area contributed by atoms with Gasteiger partial charge in [-0.05, 0) is 62.2 Å². The second-order valence-electron chi connectivity index (χ2n) is 11.6. The van der Waals surface area contributed by atoms with E-state index in [-0.39, 0.29) is 24.2 Å². The summed E-state index contributed by atoms with van der Waals surface area (Å²) in [6, 6.07) is 7.53. The number of hydrogen-bond donors (Lipinski definition) is 3. The Bertz CT molecular complexity index is 1500. The Balaban J connectivity index is 1.67. The molecule has 0 saturated heterocycles. The fourth-order valence-corrected chi connectivity index (χ4v) is 7.04. The number of Topliss-reactive ketones (excluding diaryl/α,β-unsaturated/α-hetero) is 4. The monoisotopic (exact) mass is 563 g/mol. The highest BCUT2D eigenvalue weighted by atomic mass is 16.5. The molecule has 0 spiro atoms. The van der Waals surface area contributed by atoms with Crippen molar-refractivity contribution in [2.45, 2.75) is 24.5 Å². The summed E-state index contributed by atoms with van der Waals surface area (Å²) in [6.07, 6.45) is 0.188. The van der Waals surface area contributed by atoms with Crippen LogP contribution in [0, 0.1) is 23.7 Å². The van der Waals surface area contributed by atoms with Gasteiger partial charge in [-0.15, -0.1) is 0 Å². The molecule has 2 aromatic carbocycles. The third-order valence-corrected chi connectivity index (χ3v) is 8.92. The van der Waals surface area contributed by atoms with E-state index in [1.165, 1.54) is 12.0 Å². The van der Waals surface area contributed by atoms with Gasteiger partial charge < -0.3 is 25.6 Å². The van der Waals surface area contributed by atoms with E-state index in [1.54, 1.807) is 58.5 Å². The first-order valence-electron chi connectivity index (χ1n) is 13.3. The quantitative estimate of drug-likeness (QED) is 0.439. The average molecular weight is 564 g/mol. The summed E-state index contributed by atoms with van der Waals surface area (Å²) in [5.74, 6) is -10.1. The summed E-state index contributed by atoms with van der Waals surface area (Å²) in [5, 5.41) is 23.2. The van der Waals surface area contributed by atoms with E-state index in [0.29, 0.717) is 28.1 Å². The Kier molecular flexibility index (Phi) is 6.78. The number of amides is 1. The Morgan fingerprint density at radius 3 is 2.22 bits per heavy atom. The van der Waals surface area contributed by atoms with Gasteiger partial charge in [0.05, 0.1) is 24.6 Å². The van der Waals surface area contributed by atoms with Crippen molar-refractivity contribution >= 4 is 34.7 Å². The molecule has 0 bridgehead atoms. The van der Waals surface area contributed by atoms with Gasteiger partial charge in [0.1, 0.15) is 11.5 Å². The van der Waals surface area contributed by atoms with Crippen molar-refractivity contribution in [2.75, 3.05) is 40.2 Å². The molecule has 216 valence electrons. The number of hydrogen-bond acceptors (Lipinski definition) is 10. The van der Waals surface area contributed by atoms with Crippen LogP contribution < -0.4 is 15.4 Å². The predicted molar refractivity (Wildman–Crippen MR) is 148 cm³/mol. The molecule has 5 rings (SSSR count). The van der Waals surface area contributed by atoms with Gasteiger partial charge in [-0.2, -0.15) is 0 Å². The third kappa shape index (κ3) is 3.98. The summed E-state index contributed by atoms with van der Waals surface area (Å²) in [6.45, 7) is 0. The number of phenols is 1. The number of nitrogens with zero attached hydrogens (tertiary/aromatic N) is 2. The Hall–Kier alpha value is -4.09. The molecule has 0 radical (unpaired) electrons. The van der Waals surface area contributed by atoms with Gasteiger partial charge in [0, 0.05) is 31.3 Å². The lowest BCUT2D eigenvalue weighted by molar-refractivity contribution is -0.181. The van der Waals surface area contributed by atoms with Gasteiger partial charge in [-0.3, -0.25) is 28.9 Å². The van der Waals surface area contributed by atoms with Crippen LogP contribution in [0.5, 0.6) is 11.5 Å². The molecular weight excluding hydrogens is 530 g/mol. The van der Waals surface area contributed by atoms with Crippen molar-refractivity contribution in [2.24, 2.45) is 29.4 Å². The first kappa shape index (κ1) is 28.4. The maximum absolute atomic E-state index is 14.1. The van der Waals surface area contributed by atoms with Crippen LogP contribution in [-0.4, -0.2) is 91.1 Å². The van der Waals surface area contributed by atoms with Crippen LogP contribution in [0.1, 0.15) is 22.3 Å². The lowest BCUT2D eigenvalue weighted by Gasteiger charge is -2.52. The molecule has 0 aliphatic heterocycles. The summed E-state index contributed by atoms with van der Waals surface area (Å²) in [5.41, 5.74) is 4.75. The van der Waals surface area contributed by atoms with E-state index in [4.69, 9.17) is 10.5 Å². The van der Waals surface area contributed by atoms with Crippen LogP contribution in [0.25, 0.3) is 11.1 Å². The van der Waals surface area contributed by atoms with E-state index in [0.717, 1.165) is 0 Å². The van der Waals surface area contributed by atoms with Gasteiger partial charge in [0.25, 0.3) is 0 Å². The fraction of sp³-hybridized carbons (Fsp3) is 0.433. The first-order valence-corrected chi connectivity index (χ1v) is 13.3. The van der Waals surface area contributed by atoms with Crippen molar-refractivity contribution in [1.82, 2.24) is 4.90 Å². The molecule has 4 N–H and O–H groups in total. The minimum Gasteiger partial charge on any atom is -0.507 e. The number of aliphatic hydroxyl groups is 1. The second kappa shape index (κ2) is 9.78. The molecule has 0 aromatic heterocycles. The molecule has 0 heterocycles. The lowest BCUT2D eigenvalue weighted by atomic mass is 9.52. The Labute approximate surface area is 236 Å². The largest absolute Gasteiger partial charge is 0.507 e. The van der Waals surface area contributed by atoms with E-state index in [1.807, 2.05) is 4.90 Å². The zero-order valence-corrected chi connectivity index (χ0v) is 23.5. The van der Waals surface area contributed by atoms with Crippen molar-refractivity contribution in [3.63, 3.8) is 0 Å². The van der Waals surface area contributed by atoms with Crippen LogP contribution >= 0.6 is 0 Å². The first-order chi connectivity index (χ1) is 19.2. The van der Waals surface area contributed by atoms with Crippen LogP contribution in [-0.2, 0) is 25.6 Å². The Morgan fingerprint density at radius 1 is 1.05 bits per heavy atom. The van der Waals surface area contributed by atoms with Crippen molar-refractivity contribution in [1.29, 1.82) is 0 Å². The summed E-state index contributed by atoms with van der Waals surface area (Å²) in [4.78, 5) is 70.4. The number of benzene rings is 2. The van der Waals surface area contributed by atoms with Crippen LogP contribution in [0.2, 0.25) is 0 Å². The van der Waals surface area contributed by atoms with E-state index in [9.17, 15) is 34.2 Å². The molecule has 3 aliphatic rings. The van der Waals surface area contributed by atoms with E-state index < -0.39 is 64.4 Å². The maximum atomic E-state index is 14.1. The number of likely N-dealkylation sites (N-methyl/N-ethyl adjacent to an activating group) is 1. The number of phenolic OH excluding ortho intramolecular Hbond substituents is 1. The second-order valence-corrected chi connectivity index (χ2v) is 11.6. The highest BCUT2D eigenvalue weighted by molar-refractivity contribution is 6.32. The number of primary amides is 1.